The van der Waals surface area contributed by atoms with Crippen molar-refractivity contribution in [3.05, 3.63) is 59.7 Å². The molecule has 0 spiro atoms. The van der Waals surface area contributed by atoms with E-state index in [0.29, 0.717) is 24.3 Å². The molecule has 0 bridgehead atoms. The van der Waals surface area contributed by atoms with Crippen molar-refractivity contribution in [2.45, 2.75) is 103 Å². The number of unbranched alkanes of at least 4 members (excludes halogenated alkanes) is 6. The van der Waals surface area contributed by atoms with Crippen LogP contribution in [0.3, 0.4) is 0 Å². The number of esters is 2. The Labute approximate surface area is 240 Å². The lowest BCUT2D eigenvalue weighted by Crippen LogP contribution is -2.33. The van der Waals surface area contributed by atoms with Crippen molar-refractivity contribution in [2.24, 2.45) is 5.92 Å². The van der Waals surface area contributed by atoms with Gasteiger partial charge in [0.05, 0.1) is 24.3 Å². The lowest BCUT2D eigenvalue weighted by Gasteiger charge is -2.29. The Kier molecular flexibility index (Phi) is 14.5. The standard InChI is InChI=1S/C34H48O6/c1-3-5-7-12-24-37-30-20-16-28(17-21-30)33(35)39-26-32(27-14-10-9-11-15-27)40-34(36)29-18-22-31(23-19-29)38-25-13-8-6-4-2/h16-23,27,32H,3-15,24-26H2,1-2H3. The molecule has 1 aliphatic rings. The molecule has 6 heteroatoms. The van der Waals surface area contributed by atoms with Gasteiger partial charge in [-0.05, 0) is 80.1 Å². The number of ether oxygens (including phenoxy) is 4. The van der Waals surface area contributed by atoms with Crippen LogP contribution in [0, 0.1) is 5.92 Å². The molecule has 3 rings (SSSR count). The molecular weight excluding hydrogens is 504 g/mol. The maximum atomic E-state index is 13.0. The molecule has 6 nitrogen and oxygen atoms in total. The van der Waals surface area contributed by atoms with Gasteiger partial charge in [-0.15, -0.1) is 0 Å². The summed E-state index contributed by atoms with van der Waals surface area (Å²) in [5, 5.41) is 0. The third-order valence-corrected chi connectivity index (χ3v) is 7.53. The van der Waals surface area contributed by atoms with Crippen LogP contribution in [-0.2, 0) is 9.47 Å². The fourth-order valence-electron chi connectivity index (χ4n) is 5.03. The number of hydrogen-bond donors (Lipinski definition) is 0. The average Bonchev–Trinajstić information content (AvgIpc) is 3.00. The zero-order chi connectivity index (χ0) is 28.4. The van der Waals surface area contributed by atoms with Crippen LogP contribution in [0.4, 0.5) is 0 Å². The van der Waals surface area contributed by atoms with Gasteiger partial charge >= 0.3 is 11.9 Å². The van der Waals surface area contributed by atoms with Crippen molar-refractivity contribution in [3.8, 4) is 11.5 Å². The van der Waals surface area contributed by atoms with Crippen molar-refractivity contribution in [1.29, 1.82) is 0 Å². The molecule has 0 aromatic heterocycles. The average molecular weight is 553 g/mol. The molecule has 0 radical (unpaired) electrons. The lowest BCUT2D eigenvalue weighted by molar-refractivity contribution is -0.0247. The van der Waals surface area contributed by atoms with Gasteiger partial charge in [0.25, 0.3) is 0 Å². The molecule has 0 aliphatic heterocycles. The Morgan fingerprint density at radius 2 is 1.18 bits per heavy atom. The zero-order valence-corrected chi connectivity index (χ0v) is 24.5. The number of carbonyl (C=O) groups excluding carboxylic acids is 2. The largest absolute Gasteiger partial charge is 0.494 e. The summed E-state index contributed by atoms with van der Waals surface area (Å²) < 4.78 is 23.2. The van der Waals surface area contributed by atoms with Gasteiger partial charge in [-0.2, -0.15) is 0 Å². The predicted molar refractivity (Wildman–Crippen MR) is 158 cm³/mol. The van der Waals surface area contributed by atoms with Crippen molar-refractivity contribution in [1.82, 2.24) is 0 Å². The summed E-state index contributed by atoms with van der Waals surface area (Å²) >= 11 is 0. The quantitative estimate of drug-likeness (QED) is 0.136. The van der Waals surface area contributed by atoms with Gasteiger partial charge in [0, 0.05) is 0 Å². The van der Waals surface area contributed by atoms with Gasteiger partial charge in [-0.3, -0.25) is 0 Å². The van der Waals surface area contributed by atoms with E-state index in [4.69, 9.17) is 18.9 Å². The highest BCUT2D eigenvalue weighted by atomic mass is 16.6. The highest BCUT2D eigenvalue weighted by molar-refractivity contribution is 5.90. The third kappa shape index (κ3) is 11.2. The van der Waals surface area contributed by atoms with E-state index in [2.05, 4.69) is 13.8 Å². The van der Waals surface area contributed by atoms with E-state index in [-0.39, 0.29) is 12.5 Å². The van der Waals surface area contributed by atoms with E-state index in [9.17, 15) is 9.59 Å². The summed E-state index contributed by atoms with van der Waals surface area (Å²) in [6.45, 7) is 5.77. The van der Waals surface area contributed by atoms with Crippen molar-refractivity contribution < 1.29 is 28.5 Å². The van der Waals surface area contributed by atoms with Crippen LogP contribution < -0.4 is 9.47 Å². The molecule has 0 N–H and O–H groups in total. The molecule has 1 saturated carbocycles. The SMILES string of the molecule is CCCCCCOc1ccc(C(=O)OCC(OC(=O)c2ccc(OCCCCCC)cc2)C2CCCCC2)cc1. The molecule has 1 fully saturated rings. The molecule has 2 aromatic rings. The monoisotopic (exact) mass is 552 g/mol. The molecule has 40 heavy (non-hydrogen) atoms. The minimum absolute atomic E-state index is 0.0455. The zero-order valence-electron chi connectivity index (χ0n) is 24.5. The molecule has 220 valence electrons. The Morgan fingerprint density at radius 1 is 0.675 bits per heavy atom. The number of benzene rings is 2. The summed E-state index contributed by atoms with van der Waals surface area (Å²) in [5.41, 5.74) is 0.924. The Morgan fingerprint density at radius 3 is 1.68 bits per heavy atom. The van der Waals surface area contributed by atoms with Gasteiger partial charge in [0.2, 0.25) is 0 Å². The molecule has 0 heterocycles. The van der Waals surface area contributed by atoms with E-state index in [1.54, 1.807) is 36.4 Å². The summed E-state index contributed by atoms with van der Waals surface area (Å²) in [5.74, 6) is 0.849. The van der Waals surface area contributed by atoms with Crippen LogP contribution in [0.1, 0.15) is 118 Å². The van der Waals surface area contributed by atoms with Crippen molar-refractivity contribution in [2.75, 3.05) is 19.8 Å². The molecular formula is C34H48O6. The molecule has 0 amide bonds. The molecule has 1 atom stereocenters. The van der Waals surface area contributed by atoms with Gasteiger partial charge in [-0.1, -0.05) is 71.6 Å². The highest BCUT2D eigenvalue weighted by Gasteiger charge is 2.29. The topological polar surface area (TPSA) is 71.1 Å². The Bertz CT molecular complexity index is 978. The second kappa shape index (κ2) is 18.4. The summed E-state index contributed by atoms with van der Waals surface area (Å²) in [7, 11) is 0. The van der Waals surface area contributed by atoms with E-state index >= 15 is 0 Å². The lowest BCUT2D eigenvalue weighted by atomic mass is 9.85. The first-order valence-electron chi connectivity index (χ1n) is 15.4. The minimum atomic E-state index is -0.475. The van der Waals surface area contributed by atoms with E-state index in [1.807, 2.05) is 12.1 Å². The summed E-state index contributed by atoms with van der Waals surface area (Å²) in [6.07, 6.45) is 14.0. The maximum absolute atomic E-state index is 13.0. The maximum Gasteiger partial charge on any atom is 0.338 e. The van der Waals surface area contributed by atoms with E-state index in [0.717, 1.165) is 62.9 Å². The smallest absolute Gasteiger partial charge is 0.338 e. The van der Waals surface area contributed by atoms with Crippen LogP contribution in [-0.4, -0.2) is 37.9 Å². The predicted octanol–water partition coefficient (Wildman–Crippen LogP) is 8.57. The van der Waals surface area contributed by atoms with E-state index < -0.39 is 18.0 Å². The van der Waals surface area contributed by atoms with Crippen LogP contribution >= 0.6 is 0 Å². The normalized spacial score (nSPS) is 14.3. The second-order valence-corrected chi connectivity index (χ2v) is 10.8. The third-order valence-electron chi connectivity index (χ3n) is 7.53. The molecule has 0 saturated heterocycles. The van der Waals surface area contributed by atoms with Crippen LogP contribution in [0.25, 0.3) is 0 Å². The van der Waals surface area contributed by atoms with Gasteiger partial charge in [0.15, 0.2) is 0 Å². The Hall–Kier alpha value is -3.02. The first kappa shape index (κ1) is 31.5. The molecule has 1 unspecified atom stereocenters. The van der Waals surface area contributed by atoms with Gasteiger partial charge in [0.1, 0.15) is 24.2 Å². The van der Waals surface area contributed by atoms with Crippen molar-refractivity contribution >= 4 is 11.9 Å². The van der Waals surface area contributed by atoms with Crippen LogP contribution in [0.5, 0.6) is 11.5 Å². The molecule has 1 aliphatic carbocycles. The van der Waals surface area contributed by atoms with Crippen LogP contribution in [0.2, 0.25) is 0 Å². The fourth-order valence-corrected chi connectivity index (χ4v) is 5.03. The first-order valence-corrected chi connectivity index (χ1v) is 15.4. The molecule has 2 aromatic carbocycles. The fraction of sp³-hybridized carbons (Fsp3) is 0.588. The van der Waals surface area contributed by atoms with E-state index in [1.165, 1.54) is 32.1 Å². The Balaban J connectivity index is 1.51. The summed E-state index contributed by atoms with van der Waals surface area (Å²) in [6, 6.07) is 14.1. The van der Waals surface area contributed by atoms with Gasteiger partial charge < -0.3 is 18.9 Å². The first-order chi connectivity index (χ1) is 19.6. The number of carbonyl (C=O) groups is 2. The summed E-state index contributed by atoms with van der Waals surface area (Å²) in [4.78, 5) is 25.8. The van der Waals surface area contributed by atoms with Crippen molar-refractivity contribution in [3.63, 3.8) is 0 Å². The minimum Gasteiger partial charge on any atom is -0.494 e. The van der Waals surface area contributed by atoms with Crippen LogP contribution in [0.15, 0.2) is 48.5 Å². The van der Waals surface area contributed by atoms with Gasteiger partial charge in [-0.25, -0.2) is 9.59 Å². The number of hydrogen-bond acceptors (Lipinski definition) is 6. The number of rotatable bonds is 18. The second-order valence-electron chi connectivity index (χ2n) is 10.8. The highest BCUT2D eigenvalue weighted by Crippen LogP contribution is 2.29.